The Morgan fingerprint density at radius 3 is 2.50 bits per heavy atom. The highest BCUT2D eigenvalue weighted by Crippen LogP contribution is 2.29. The smallest absolute Gasteiger partial charge is 0.352 e. The average molecular weight is 288 g/mol. The Labute approximate surface area is 116 Å². The molecule has 0 bridgehead atoms. The SMILES string of the molecule is CCC(C)(CN)C(=O)NCc1cccc(C(F)(F)F)c1. The fraction of sp³-hybridized carbons (Fsp3) is 0.500. The highest BCUT2D eigenvalue weighted by Gasteiger charge is 2.31. The largest absolute Gasteiger partial charge is 0.416 e. The number of alkyl halides is 3. The number of carbonyl (C=O) groups is 1. The van der Waals surface area contributed by atoms with E-state index in [1.165, 1.54) is 6.07 Å². The van der Waals surface area contributed by atoms with Crippen LogP contribution >= 0.6 is 0 Å². The zero-order valence-electron chi connectivity index (χ0n) is 11.6. The number of carbonyl (C=O) groups excluding carboxylic acids is 1. The zero-order chi connectivity index (χ0) is 15.4. The lowest BCUT2D eigenvalue weighted by Crippen LogP contribution is -2.43. The van der Waals surface area contributed by atoms with Crippen LogP contribution in [-0.2, 0) is 17.5 Å². The Bertz CT molecular complexity index is 468. The van der Waals surface area contributed by atoms with Gasteiger partial charge in [0.1, 0.15) is 0 Å². The number of nitrogens with two attached hydrogens (primary N) is 1. The molecule has 0 aromatic heterocycles. The van der Waals surface area contributed by atoms with Gasteiger partial charge in [0, 0.05) is 13.1 Å². The van der Waals surface area contributed by atoms with E-state index in [1.54, 1.807) is 13.0 Å². The molecule has 3 N–H and O–H groups in total. The second kappa shape index (κ2) is 6.26. The van der Waals surface area contributed by atoms with Crippen molar-refractivity contribution in [1.29, 1.82) is 0 Å². The van der Waals surface area contributed by atoms with Crippen molar-refractivity contribution in [1.82, 2.24) is 5.32 Å². The van der Waals surface area contributed by atoms with Gasteiger partial charge in [-0.1, -0.05) is 19.1 Å². The Morgan fingerprint density at radius 2 is 2.00 bits per heavy atom. The first-order valence-corrected chi connectivity index (χ1v) is 6.37. The molecule has 3 nitrogen and oxygen atoms in total. The summed E-state index contributed by atoms with van der Waals surface area (Å²) in [5, 5.41) is 2.63. The van der Waals surface area contributed by atoms with Crippen LogP contribution < -0.4 is 11.1 Å². The zero-order valence-corrected chi connectivity index (χ0v) is 11.6. The van der Waals surface area contributed by atoms with E-state index in [4.69, 9.17) is 5.73 Å². The van der Waals surface area contributed by atoms with E-state index in [0.717, 1.165) is 12.1 Å². The van der Waals surface area contributed by atoms with E-state index >= 15 is 0 Å². The molecule has 0 aliphatic carbocycles. The maximum Gasteiger partial charge on any atom is 0.416 e. The number of amides is 1. The van der Waals surface area contributed by atoms with E-state index < -0.39 is 17.2 Å². The van der Waals surface area contributed by atoms with Gasteiger partial charge in [0.15, 0.2) is 0 Å². The van der Waals surface area contributed by atoms with Gasteiger partial charge >= 0.3 is 6.18 Å². The van der Waals surface area contributed by atoms with Crippen molar-refractivity contribution in [3.63, 3.8) is 0 Å². The predicted octanol–water partition coefficient (Wildman–Crippen LogP) is 2.70. The van der Waals surface area contributed by atoms with Crippen LogP contribution in [0.15, 0.2) is 24.3 Å². The summed E-state index contributed by atoms with van der Waals surface area (Å²) in [6, 6.07) is 4.90. The number of hydrogen-bond donors (Lipinski definition) is 2. The lowest BCUT2D eigenvalue weighted by Gasteiger charge is -2.25. The minimum atomic E-state index is -4.38. The van der Waals surface area contributed by atoms with Crippen LogP contribution in [-0.4, -0.2) is 12.5 Å². The van der Waals surface area contributed by atoms with Crippen molar-refractivity contribution in [3.8, 4) is 0 Å². The highest BCUT2D eigenvalue weighted by molar-refractivity contribution is 5.82. The van der Waals surface area contributed by atoms with E-state index in [2.05, 4.69) is 5.32 Å². The van der Waals surface area contributed by atoms with Gasteiger partial charge in [-0.15, -0.1) is 0 Å². The van der Waals surface area contributed by atoms with Crippen molar-refractivity contribution >= 4 is 5.91 Å². The maximum absolute atomic E-state index is 12.6. The lowest BCUT2D eigenvalue weighted by molar-refractivity contribution is -0.137. The maximum atomic E-state index is 12.6. The van der Waals surface area contributed by atoms with Crippen molar-refractivity contribution < 1.29 is 18.0 Å². The summed E-state index contributed by atoms with van der Waals surface area (Å²) in [7, 11) is 0. The van der Waals surface area contributed by atoms with Crippen LogP contribution in [0.4, 0.5) is 13.2 Å². The first-order chi connectivity index (χ1) is 9.23. The van der Waals surface area contributed by atoms with Crippen LogP contribution in [0.5, 0.6) is 0 Å². The molecule has 1 atom stereocenters. The van der Waals surface area contributed by atoms with Crippen LogP contribution in [0.3, 0.4) is 0 Å². The average Bonchev–Trinajstić information content (AvgIpc) is 2.43. The van der Waals surface area contributed by atoms with E-state index in [0.29, 0.717) is 12.0 Å². The summed E-state index contributed by atoms with van der Waals surface area (Å²) in [5.74, 6) is -0.250. The molecule has 1 rings (SSSR count). The van der Waals surface area contributed by atoms with Gasteiger partial charge in [-0.3, -0.25) is 4.79 Å². The molecule has 0 saturated carbocycles. The van der Waals surface area contributed by atoms with Crippen LogP contribution in [0.1, 0.15) is 31.4 Å². The molecular weight excluding hydrogens is 269 g/mol. The molecule has 0 heterocycles. The predicted molar refractivity (Wildman–Crippen MR) is 70.7 cm³/mol. The fourth-order valence-electron chi connectivity index (χ4n) is 1.65. The number of halogens is 3. The molecule has 6 heteroatoms. The molecule has 0 radical (unpaired) electrons. The molecule has 1 amide bonds. The number of benzene rings is 1. The quantitative estimate of drug-likeness (QED) is 0.875. The molecule has 0 spiro atoms. The van der Waals surface area contributed by atoms with E-state index in [1.807, 2.05) is 6.92 Å². The number of nitrogens with one attached hydrogen (secondary N) is 1. The molecule has 0 saturated heterocycles. The Morgan fingerprint density at radius 1 is 1.35 bits per heavy atom. The van der Waals surface area contributed by atoms with E-state index in [-0.39, 0.29) is 19.0 Å². The summed E-state index contributed by atoms with van der Waals surface area (Å²) in [4.78, 5) is 12.0. The molecule has 112 valence electrons. The second-order valence-electron chi connectivity index (χ2n) is 5.00. The minimum absolute atomic E-state index is 0.0539. The van der Waals surface area contributed by atoms with Gasteiger partial charge in [-0.25, -0.2) is 0 Å². The molecule has 20 heavy (non-hydrogen) atoms. The number of hydrogen-bond acceptors (Lipinski definition) is 2. The van der Waals surface area contributed by atoms with Gasteiger partial charge < -0.3 is 11.1 Å². The third-order valence-corrected chi connectivity index (χ3v) is 3.49. The van der Waals surface area contributed by atoms with Gasteiger partial charge in [-0.05, 0) is 31.0 Å². The van der Waals surface area contributed by atoms with Crippen LogP contribution in [0.2, 0.25) is 0 Å². The summed E-state index contributed by atoms with van der Waals surface area (Å²) in [6.45, 7) is 3.82. The van der Waals surface area contributed by atoms with Crippen molar-refractivity contribution in [2.24, 2.45) is 11.1 Å². The van der Waals surface area contributed by atoms with Gasteiger partial charge in [0.2, 0.25) is 5.91 Å². The summed E-state index contributed by atoms with van der Waals surface area (Å²) in [6.07, 6.45) is -3.81. The van der Waals surface area contributed by atoms with Gasteiger partial charge in [0.25, 0.3) is 0 Å². The monoisotopic (exact) mass is 288 g/mol. The molecule has 0 aliphatic heterocycles. The second-order valence-corrected chi connectivity index (χ2v) is 5.00. The highest BCUT2D eigenvalue weighted by atomic mass is 19.4. The Balaban J connectivity index is 2.74. The van der Waals surface area contributed by atoms with Crippen LogP contribution in [0, 0.1) is 5.41 Å². The number of rotatable bonds is 5. The molecular formula is C14H19F3N2O. The third-order valence-electron chi connectivity index (χ3n) is 3.49. The molecule has 0 fully saturated rings. The van der Waals surface area contributed by atoms with Gasteiger partial charge in [0.05, 0.1) is 11.0 Å². The third kappa shape index (κ3) is 3.96. The molecule has 1 aromatic rings. The fourth-order valence-corrected chi connectivity index (χ4v) is 1.65. The van der Waals surface area contributed by atoms with Crippen molar-refractivity contribution in [2.75, 3.05) is 6.54 Å². The Kier molecular flexibility index (Phi) is 5.16. The standard InChI is InChI=1S/C14H19F3N2O/c1-3-13(2,9-18)12(20)19-8-10-5-4-6-11(7-10)14(15,16)17/h4-7H,3,8-9,18H2,1-2H3,(H,19,20). The first-order valence-electron chi connectivity index (χ1n) is 6.37. The summed E-state index contributed by atoms with van der Waals surface area (Å²) >= 11 is 0. The van der Waals surface area contributed by atoms with E-state index in [9.17, 15) is 18.0 Å². The molecule has 1 unspecified atom stereocenters. The first kappa shape index (κ1) is 16.5. The summed E-state index contributed by atoms with van der Waals surface area (Å²) < 4.78 is 37.7. The minimum Gasteiger partial charge on any atom is -0.352 e. The molecule has 0 aliphatic rings. The lowest BCUT2D eigenvalue weighted by atomic mass is 9.86. The Hall–Kier alpha value is -1.56. The normalized spacial score (nSPS) is 14.7. The van der Waals surface area contributed by atoms with Gasteiger partial charge in [-0.2, -0.15) is 13.2 Å². The topological polar surface area (TPSA) is 55.1 Å². The van der Waals surface area contributed by atoms with Crippen molar-refractivity contribution in [2.45, 2.75) is 33.0 Å². The van der Waals surface area contributed by atoms with Crippen molar-refractivity contribution in [3.05, 3.63) is 35.4 Å². The molecule has 1 aromatic carbocycles. The van der Waals surface area contributed by atoms with Crippen LogP contribution in [0.25, 0.3) is 0 Å². The summed E-state index contributed by atoms with van der Waals surface area (Å²) in [5.41, 5.74) is 4.55.